The average Bonchev–Trinajstić information content (AvgIpc) is 2.79. The minimum absolute atomic E-state index is 0.0598. The van der Waals surface area contributed by atoms with Gasteiger partial charge in [-0.2, -0.15) is 0 Å². The Morgan fingerprint density at radius 2 is 2.00 bits per heavy atom. The number of hydrogen-bond donors (Lipinski definition) is 2. The van der Waals surface area contributed by atoms with Crippen LogP contribution >= 0.6 is 0 Å². The molecule has 0 atom stereocenters. The first-order valence-electron chi connectivity index (χ1n) is 6.18. The topological polar surface area (TPSA) is 88.9 Å². The van der Waals surface area contributed by atoms with E-state index in [4.69, 9.17) is 0 Å². The fourth-order valence-corrected chi connectivity index (χ4v) is 2.74. The van der Waals surface area contributed by atoms with E-state index in [1.807, 2.05) is 14.0 Å². The normalized spacial score (nSPS) is 11.5. The number of aryl methyl sites for hydroxylation is 1. The van der Waals surface area contributed by atoms with E-state index in [0.29, 0.717) is 6.54 Å². The lowest BCUT2D eigenvalue weighted by atomic mass is 10.4. The van der Waals surface area contributed by atoms with Crippen LogP contribution in [0.2, 0.25) is 0 Å². The first-order valence-corrected chi connectivity index (χ1v) is 7.67. The maximum absolute atomic E-state index is 12.2. The molecule has 20 heavy (non-hydrogen) atoms. The summed E-state index contributed by atoms with van der Waals surface area (Å²) in [5, 5.41) is 3.16. The molecule has 0 saturated heterocycles. The summed E-state index contributed by atoms with van der Waals surface area (Å²) in [6.45, 7) is 3.43. The smallest absolute Gasteiger partial charge is 0.265 e. The highest BCUT2D eigenvalue weighted by Crippen LogP contribution is 2.16. The molecule has 0 unspecified atom stereocenters. The summed E-state index contributed by atoms with van der Waals surface area (Å²) in [7, 11) is -1.85. The van der Waals surface area contributed by atoms with Gasteiger partial charge in [-0.15, -0.1) is 0 Å². The van der Waals surface area contributed by atoms with Gasteiger partial charge in [-0.25, -0.2) is 23.1 Å². The molecule has 2 aromatic rings. The predicted molar refractivity (Wildman–Crippen MR) is 75.6 cm³/mol. The van der Waals surface area contributed by atoms with E-state index in [0.717, 1.165) is 12.2 Å². The molecule has 2 heterocycles. The molecule has 0 aliphatic rings. The summed E-state index contributed by atoms with van der Waals surface area (Å²) < 4.78 is 28.6. The fraction of sp³-hybridized carbons (Fsp3) is 0.333. The number of sulfonamides is 1. The molecule has 2 rings (SSSR count). The molecule has 0 bridgehead atoms. The molecule has 108 valence electrons. The number of aromatic nitrogens is 3. The van der Waals surface area contributed by atoms with Crippen LogP contribution in [-0.4, -0.2) is 29.5 Å². The van der Waals surface area contributed by atoms with Gasteiger partial charge in [-0.3, -0.25) is 0 Å². The SMILES string of the molecule is CCNCc1cc(S(=O)(=O)Nc2ncccn2)cn1C. The molecule has 0 radical (unpaired) electrons. The highest BCUT2D eigenvalue weighted by Gasteiger charge is 2.18. The molecule has 0 aliphatic carbocycles. The number of nitrogens with zero attached hydrogens (tertiary/aromatic N) is 3. The van der Waals surface area contributed by atoms with E-state index in [2.05, 4.69) is 20.0 Å². The highest BCUT2D eigenvalue weighted by atomic mass is 32.2. The van der Waals surface area contributed by atoms with E-state index >= 15 is 0 Å². The van der Waals surface area contributed by atoms with Crippen LogP contribution in [0.3, 0.4) is 0 Å². The first kappa shape index (κ1) is 14.5. The van der Waals surface area contributed by atoms with Crippen molar-refractivity contribution in [3.05, 3.63) is 36.4 Å². The molecule has 2 aromatic heterocycles. The second-order valence-corrected chi connectivity index (χ2v) is 5.92. The minimum Gasteiger partial charge on any atom is -0.352 e. The lowest BCUT2D eigenvalue weighted by Crippen LogP contribution is -2.14. The van der Waals surface area contributed by atoms with Crippen molar-refractivity contribution in [3.8, 4) is 0 Å². The van der Waals surface area contributed by atoms with Crippen LogP contribution in [0.15, 0.2) is 35.6 Å². The summed E-state index contributed by atoms with van der Waals surface area (Å²) in [4.78, 5) is 7.89. The molecular weight excluding hydrogens is 278 g/mol. The lowest BCUT2D eigenvalue weighted by Gasteiger charge is -2.03. The Morgan fingerprint density at radius 1 is 1.30 bits per heavy atom. The van der Waals surface area contributed by atoms with Gasteiger partial charge in [0.15, 0.2) is 0 Å². The summed E-state index contributed by atoms with van der Waals surface area (Å²) >= 11 is 0. The Hall–Kier alpha value is -1.93. The third-order valence-electron chi connectivity index (χ3n) is 2.74. The molecular formula is C12H17N5O2S. The van der Waals surface area contributed by atoms with Crippen LogP contribution in [0.4, 0.5) is 5.95 Å². The second-order valence-electron chi connectivity index (χ2n) is 4.24. The molecule has 0 aliphatic heterocycles. The van der Waals surface area contributed by atoms with Crippen LogP contribution in [0.5, 0.6) is 0 Å². The summed E-state index contributed by atoms with van der Waals surface area (Å²) in [5.41, 5.74) is 0.890. The van der Waals surface area contributed by atoms with Crippen molar-refractivity contribution in [1.29, 1.82) is 0 Å². The Balaban J connectivity index is 2.21. The van der Waals surface area contributed by atoms with Crippen molar-refractivity contribution in [2.75, 3.05) is 11.3 Å². The Kier molecular flexibility index (Phi) is 4.35. The zero-order chi connectivity index (χ0) is 14.6. The van der Waals surface area contributed by atoms with Gasteiger partial charge in [0.05, 0.1) is 0 Å². The van der Waals surface area contributed by atoms with Gasteiger partial charge in [0.25, 0.3) is 10.0 Å². The zero-order valence-corrected chi connectivity index (χ0v) is 12.2. The van der Waals surface area contributed by atoms with E-state index in [1.165, 1.54) is 12.4 Å². The maximum atomic E-state index is 12.2. The predicted octanol–water partition coefficient (Wildman–Crippen LogP) is 0.725. The van der Waals surface area contributed by atoms with E-state index < -0.39 is 10.0 Å². The van der Waals surface area contributed by atoms with Crippen LogP contribution in [0.1, 0.15) is 12.6 Å². The van der Waals surface area contributed by atoms with Gasteiger partial charge in [-0.05, 0) is 18.7 Å². The summed E-state index contributed by atoms with van der Waals surface area (Å²) in [6.07, 6.45) is 4.52. The van der Waals surface area contributed by atoms with Crippen molar-refractivity contribution in [3.63, 3.8) is 0 Å². The van der Waals surface area contributed by atoms with Crippen LogP contribution in [0, 0.1) is 0 Å². The highest BCUT2D eigenvalue weighted by molar-refractivity contribution is 7.92. The Labute approximate surface area is 118 Å². The van der Waals surface area contributed by atoms with Gasteiger partial charge in [-0.1, -0.05) is 6.92 Å². The van der Waals surface area contributed by atoms with Crippen molar-refractivity contribution in [1.82, 2.24) is 19.9 Å². The largest absolute Gasteiger partial charge is 0.352 e. The van der Waals surface area contributed by atoms with Crippen molar-refractivity contribution >= 4 is 16.0 Å². The number of rotatable bonds is 6. The van der Waals surface area contributed by atoms with Crippen LogP contribution < -0.4 is 10.0 Å². The van der Waals surface area contributed by atoms with Gasteiger partial charge in [0.2, 0.25) is 5.95 Å². The quantitative estimate of drug-likeness (QED) is 0.820. The molecule has 0 aromatic carbocycles. The fourth-order valence-electron chi connectivity index (χ4n) is 1.68. The number of anilines is 1. The number of hydrogen-bond acceptors (Lipinski definition) is 5. The van der Waals surface area contributed by atoms with Gasteiger partial charge < -0.3 is 9.88 Å². The minimum atomic E-state index is -3.66. The van der Waals surface area contributed by atoms with Gasteiger partial charge in [0, 0.05) is 37.9 Å². The zero-order valence-electron chi connectivity index (χ0n) is 11.4. The maximum Gasteiger partial charge on any atom is 0.265 e. The standard InChI is InChI=1S/C12H17N5O2S/c1-3-13-8-10-7-11(9-17(10)2)20(18,19)16-12-14-5-4-6-15-12/h4-7,9,13H,3,8H2,1-2H3,(H,14,15,16). The molecule has 0 fully saturated rings. The van der Waals surface area contributed by atoms with Crippen molar-refractivity contribution < 1.29 is 8.42 Å². The molecule has 0 saturated carbocycles. The lowest BCUT2D eigenvalue weighted by molar-refractivity contribution is 0.600. The van der Waals surface area contributed by atoms with E-state index in [1.54, 1.807) is 22.9 Å². The summed E-state index contributed by atoms with van der Waals surface area (Å²) in [6, 6.07) is 3.25. The molecule has 0 amide bonds. The average molecular weight is 295 g/mol. The summed E-state index contributed by atoms with van der Waals surface area (Å²) in [5.74, 6) is 0.0598. The van der Waals surface area contributed by atoms with Crippen LogP contribution in [-0.2, 0) is 23.6 Å². The van der Waals surface area contributed by atoms with Gasteiger partial charge >= 0.3 is 0 Å². The Bertz CT molecular complexity index is 666. The molecule has 2 N–H and O–H groups in total. The van der Waals surface area contributed by atoms with Crippen molar-refractivity contribution in [2.45, 2.75) is 18.4 Å². The second kappa shape index (κ2) is 6.02. The monoisotopic (exact) mass is 295 g/mol. The third kappa shape index (κ3) is 3.34. The number of nitrogens with one attached hydrogen (secondary N) is 2. The first-order chi connectivity index (χ1) is 9.53. The molecule has 0 spiro atoms. The van der Waals surface area contributed by atoms with Crippen molar-refractivity contribution in [2.24, 2.45) is 7.05 Å². The van der Waals surface area contributed by atoms with Gasteiger partial charge in [0.1, 0.15) is 4.90 Å². The third-order valence-corrected chi connectivity index (χ3v) is 4.04. The van der Waals surface area contributed by atoms with E-state index in [-0.39, 0.29) is 10.8 Å². The van der Waals surface area contributed by atoms with E-state index in [9.17, 15) is 8.42 Å². The Morgan fingerprint density at radius 3 is 2.65 bits per heavy atom. The molecule has 8 heteroatoms. The van der Waals surface area contributed by atoms with Crippen LogP contribution in [0.25, 0.3) is 0 Å². The molecule has 7 nitrogen and oxygen atoms in total.